The first-order valence-corrected chi connectivity index (χ1v) is 8.12. The Labute approximate surface area is 149 Å². The fourth-order valence-corrected chi connectivity index (χ4v) is 2.63. The van der Waals surface area contributed by atoms with Crippen LogP contribution in [-0.4, -0.2) is 10.9 Å². The van der Waals surface area contributed by atoms with E-state index in [1.165, 1.54) is 6.26 Å². The summed E-state index contributed by atoms with van der Waals surface area (Å²) in [4.78, 5) is 16.8. The zero-order valence-electron chi connectivity index (χ0n) is 14.1. The minimum Gasteiger partial charge on any atom is -0.489 e. The van der Waals surface area contributed by atoms with Gasteiger partial charge in [0.15, 0.2) is 17.2 Å². The van der Waals surface area contributed by atoms with Crippen molar-refractivity contribution in [3.8, 4) is 5.75 Å². The van der Waals surface area contributed by atoms with Gasteiger partial charge < -0.3 is 18.9 Å². The summed E-state index contributed by atoms with van der Waals surface area (Å²) in [7, 11) is 0. The topological polar surface area (TPSA) is 77.5 Å². The maximum atomic E-state index is 12.5. The van der Waals surface area contributed by atoms with Crippen molar-refractivity contribution in [2.24, 2.45) is 0 Å². The van der Waals surface area contributed by atoms with E-state index >= 15 is 0 Å². The number of hydrogen-bond acceptors (Lipinski definition) is 5. The Balaban J connectivity index is 1.48. The van der Waals surface area contributed by atoms with Gasteiger partial charge in [-0.1, -0.05) is 18.2 Å². The fourth-order valence-electron chi connectivity index (χ4n) is 2.63. The van der Waals surface area contributed by atoms with Gasteiger partial charge in [-0.2, -0.15) is 0 Å². The number of aromatic nitrogens is 1. The highest BCUT2D eigenvalue weighted by Gasteiger charge is 2.17. The number of rotatable bonds is 5. The first kappa shape index (κ1) is 16.0. The van der Waals surface area contributed by atoms with Crippen molar-refractivity contribution in [1.82, 2.24) is 4.98 Å². The minimum atomic E-state index is -0.346. The zero-order valence-corrected chi connectivity index (χ0v) is 14.1. The molecule has 0 saturated heterocycles. The number of oxazole rings is 1. The number of amides is 1. The predicted molar refractivity (Wildman–Crippen MR) is 96.2 cm³/mol. The van der Waals surface area contributed by atoms with Crippen molar-refractivity contribution in [1.29, 1.82) is 0 Å². The Hall–Kier alpha value is -3.54. The third-order valence-corrected chi connectivity index (χ3v) is 3.84. The second-order valence-electron chi connectivity index (χ2n) is 5.75. The number of ether oxygens (including phenoxy) is 1. The Morgan fingerprint density at radius 3 is 2.85 bits per heavy atom. The zero-order chi connectivity index (χ0) is 17.9. The van der Waals surface area contributed by atoms with Gasteiger partial charge in [0.25, 0.3) is 5.91 Å². The van der Waals surface area contributed by atoms with Crippen LogP contribution in [0.15, 0.2) is 69.7 Å². The maximum absolute atomic E-state index is 12.5. The molecule has 1 N–H and O–H groups in total. The molecule has 6 nitrogen and oxygen atoms in total. The molecule has 0 unspecified atom stereocenters. The summed E-state index contributed by atoms with van der Waals surface area (Å²) in [5, 5.41) is 2.81. The first-order chi connectivity index (χ1) is 12.7. The average Bonchev–Trinajstić information content (AvgIpc) is 3.26. The molecule has 130 valence electrons. The van der Waals surface area contributed by atoms with Crippen molar-refractivity contribution in [2.75, 3.05) is 5.32 Å². The van der Waals surface area contributed by atoms with E-state index in [2.05, 4.69) is 10.3 Å². The van der Waals surface area contributed by atoms with Gasteiger partial charge in [-0.05, 0) is 36.4 Å². The smallest absolute Gasteiger partial charge is 0.291 e. The SMILES string of the molecule is Cc1nc2cc(NC(=O)c3occc3COc3ccccc3)ccc2o1. The number of nitrogens with zero attached hydrogens (tertiary/aromatic N) is 1. The van der Waals surface area contributed by atoms with Crippen molar-refractivity contribution < 1.29 is 18.4 Å². The predicted octanol–water partition coefficient (Wildman–Crippen LogP) is 4.56. The van der Waals surface area contributed by atoms with Crippen LogP contribution in [-0.2, 0) is 6.61 Å². The van der Waals surface area contributed by atoms with E-state index in [0.717, 1.165) is 5.75 Å². The van der Waals surface area contributed by atoms with Crippen molar-refractivity contribution in [2.45, 2.75) is 13.5 Å². The van der Waals surface area contributed by atoms with Crippen LogP contribution < -0.4 is 10.1 Å². The van der Waals surface area contributed by atoms with Gasteiger partial charge >= 0.3 is 0 Å². The molecule has 0 aliphatic heterocycles. The second kappa shape index (κ2) is 6.76. The van der Waals surface area contributed by atoms with Gasteiger partial charge in [0.1, 0.15) is 17.9 Å². The van der Waals surface area contributed by atoms with Crippen LogP contribution in [0.2, 0.25) is 0 Å². The number of nitrogens with one attached hydrogen (secondary N) is 1. The number of fused-ring (bicyclic) bond motifs is 1. The largest absolute Gasteiger partial charge is 0.489 e. The van der Waals surface area contributed by atoms with Crippen molar-refractivity contribution in [3.63, 3.8) is 0 Å². The lowest BCUT2D eigenvalue weighted by Gasteiger charge is -2.07. The van der Waals surface area contributed by atoms with E-state index in [0.29, 0.717) is 28.2 Å². The lowest BCUT2D eigenvalue weighted by Crippen LogP contribution is -2.13. The molecule has 6 heteroatoms. The minimum absolute atomic E-state index is 0.220. The molecule has 0 bridgehead atoms. The van der Waals surface area contributed by atoms with Crippen LogP contribution in [0.3, 0.4) is 0 Å². The molecule has 4 rings (SSSR count). The van der Waals surface area contributed by atoms with Crippen LogP contribution in [0, 0.1) is 6.92 Å². The van der Waals surface area contributed by atoms with E-state index < -0.39 is 0 Å². The standard InChI is InChI=1S/C20H16N2O4/c1-13-21-17-11-15(7-8-18(17)26-13)22-20(23)19-14(9-10-24-19)12-25-16-5-3-2-4-6-16/h2-11H,12H2,1H3,(H,22,23). The lowest BCUT2D eigenvalue weighted by molar-refractivity contribution is 0.0993. The molecular weight excluding hydrogens is 332 g/mol. The van der Waals surface area contributed by atoms with Gasteiger partial charge in [0.05, 0.1) is 6.26 Å². The molecule has 2 heterocycles. The van der Waals surface area contributed by atoms with Crippen molar-refractivity contribution in [3.05, 3.63) is 78.1 Å². The van der Waals surface area contributed by atoms with E-state index in [4.69, 9.17) is 13.6 Å². The lowest BCUT2D eigenvalue weighted by atomic mass is 10.2. The van der Waals surface area contributed by atoms with E-state index in [1.54, 1.807) is 31.2 Å². The highest BCUT2D eigenvalue weighted by molar-refractivity contribution is 6.03. The van der Waals surface area contributed by atoms with E-state index in [9.17, 15) is 4.79 Å². The summed E-state index contributed by atoms with van der Waals surface area (Å²) < 4.78 is 16.5. The summed E-state index contributed by atoms with van der Waals surface area (Å²) >= 11 is 0. The molecule has 1 amide bonds. The molecular formula is C20H16N2O4. The molecule has 2 aromatic carbocycles. The Morgan fingerprint density at radius 1 is 1.15 bits per heavy atom. The Kier molecular flexibility index (Phi) is 4.15. The normalized spacial score (nSPS) is 10.8. The summed E-state index contributed by atoms with van der Waals surface area (Å²) in [6.45, 7) is 2.02. The molecule has 0 fully saturated rings. The van der Waals surface area contributed by atoms with Crippen LogP contribution in [0.4, 0.5) is 5.69 Å². The monoisotopic (exact) mass is 348 g/mol. The molecule has 26 heavy (non-hydrogen) atoms. The second-order valence-corrected chi connectivity index (χ2v) is 5.75. The number of furan rings is 1. The van der Waals surface area contributed by atoms with Crippen LogP contribution in [0.25, 0.3) is 11.1 Å². The number of carbonyl (C=O) groups is 1. The average molecular weight is 348 g/mol. The first-order valence-electron chi connectivity index (χ1n) is 8.12. The molecule has 0 saturated carbocycles. The van der Waals surface area contributed by atoms with Crippen molar-refractivity contribution >= 4 is 22.7 Å². The summed E-state index contributed by atoms with van der Waals surface area (Å²) in [5.41, 5.74) is 2.65. The molecule has 0 aliphatic rings. The fraction of sp³-hybridized carbons (Fsp3) is 0.100. The highest BCUT2D eigenvalue weighted by Crippen LogP contribution is 2.21. The van der Waals surface area contributed by atoms with E-state index in [-0.39, 0.29) is 18.3 Å². The van der Waals surface area contributed by atoms with Gasteiger partial charge in [0.2, 0.25) is 0 Å². The summed E-state index contributed by atoms with van der Waals surface area (Å²) in [6.07, 6.45) is 1.47. The van der Waals surface area contributed by atoms with Gasteiger partial charge in [-0.15, -0.1) is 0 Å². The number of para-hydroxylation sites is 1. The number of aryl methyl sites for hydroxylation is 1. The maximum Gasteiger partial charge on any atom is 0.291 e. The quantitative estimate of drug-likeness (QED) is 0.572. The number of benzene rings is 2. The molecule has 0 radical (unpaired) electrons. The van der Waals surface area contributed by atoms with Gasteiger partial charge in [0, 0.05) is 18.2 Å². The highest BCUT2D eigenvalue weighted by atomic mass is 16.5. The summed E-state index contributed by atoms with van der Waals surface area (Å²) in [6, 6.07) is 16.4. The molecule has 0 atom stereocenters. The van der Waals surface area contributed by atoms with Gasteiger partial charge in [-0.3, -0.25) is 4.79 Å². The van der Waals surface area contributed by atoms with Crippen LogP contribution in [0.1, 0.15) is 22.0 Å². The van der Waals surface area contributed by atoms with Crippen LogP contribution >= 0.6 is 0 Å². The van der Waals surface area contributed by atoms with E-state index in [1.807, 2.05) is 30.3 Å². The Bertz CT molecular complexity index is 1050. The number of hydrogen-bond donors (Lipinski definition) is 1. The molecule has 0 spiro atoms. The van der Waals surface area contributed by atoms with Crippen LogP contribution in [0.5, 0.6) is 5.75 Å². The molecule has 2 aromatic heterocycles. The number of carbonyl (C=O) groups excluding carboxylic acids is 1. The summed E-state index contributed by atoms with van der Waals surface area (Å²) in [5.74, 6) is 1.18. The Morgan fingerprint density at radius 2 is 2.00 bits per heavy atom. The number of anilines is 1. The van der Waals surface area contributed by atoms with Gasteiger partial charge in [-0.25, -0.2) is 4.98 Å². The third-order valence-electron chi connectivity index (χ3n) is 3.84. The molecule has 0 aliphatic carbocycles. The molecule has 4 aromatic rings. The third kappa shape index (κ3) is 3.30.